The maximum absolute atomic E-state index is 15.0. The second-order valence-electron chi connectivity index (χ2n) is 8.66. The number of alkyl halides is 2. The monoisotopic (exact) mass is 503 g/mol. The third kappa shape index (κ3) is 4.27. The molecule has 12 heteroatoms. The summed E-state index contributed by atoms with van der Waals surface area (Å²) in [5.41, 5.74) is 0.651. The number of hydrogen-bond donors (Lipinski definition) is 0. The molecule has 1 aliphatic heterocycles. The van der Waals surface area contributed by atoms with E-state index in [1.807, 2.05) is 0 Å². The summed E-state index contributed by atoms with van der Waals surface area (Å²) in [7, 11) is 0. The van der Waals surface area contributed by atoms with E-state index >= 15 is 4.39 Å². The zero-order chi connectivity index (χ0) is 25.6. The standard InChI is InChI=1S/C24H21F4N5O3/c1-13(34)31-8-6-17(7-9-31)33-19-5-4-16(25)11-20(19)32(24(33)35)12-15-3-2-14(10-18(15)26)22-29-30-23(36-22)21(27)28/h2-5,10-11,17,21H,6-9,12H2,1H3. The lowest BCUT2D eigenvalue weighted by atomic mass is 10.0. The molecule has 1 saturated heterocycles. The Balaban J connectivity index is 1.49. The summed E-state index contributed by atoms with van der Waals surface area (Å²) in [5.74, 6) is -2.42. The number of benzene rings is 2. The molecule has 4 aromatic rings. The average molecular weight is 503 g/mol. The smallest absolute Gasteiger partial charge is 0.329 e. The molecule has 188 valence electrons. The Morgan fingerprint density at radius 1 is 1.08 bits per heavy atom. The van der Waals surface area contributed by atoms with Crippen LogP contribution < -0.4 is 5.69 Å². The van der Waals surface area contributed by atoms with Crippen LogP contribution in [0, 0.1) is 11.6 Å². The van der Waals surface area contributed by atoms with E-state index in [9.17, 15) is 22.8 Å². The summed E-state index contributed by atoms with van der Waals surface area (Å²) < 4.78 is 62.3. The molecule has 1 aliphatic rings. The fourth-order valence-corrected chi connectivity index (χ4v) is 4.62. The van der Waals surface area contributed by atoms with Crippen molar-refractivity contribution in [2.24, 2.45) is 0 Å². The van der Waals surface area contributed by atoms with E-state index in [4.69, 9.17) is 4.42 Å². The molecule has 1 amide bonds. The number of fused-ring (bicyclic) bond motifs is 1. The summed E-state index contributed by atoms with van der Waals surface area (Å²) in [6.07, 6.45) is -1.83. The molecule has 1 fully saturated rings. The minimum atomic E-state index is -2.95. The molecule has 0 spiro atoms. The maximum Gasteiger partial charge on any atom is 0.329 e. The first-order chi connectivity index (χ1) is 17.2. The molecular weight excluding hydrogens is 482 g/mol. The topological polar surface area (TPSA) is 86.2 Å². The quantitative estimate of drug-likeness (QED) is 0.379. The average Bonchev–Trinajstić information content (AvgIpc) is 3.44. The molecule has 0 aliphatic carbocycles. The van der Waals surface area contributed by atoms with Gasteiger partial charge in [-0.05, 0) is 43.2 Å². The van der Waals surface area contributed by atoms with Gasteiger partial charge in [0.1, 0.15) is 11.6 Å². The van der Waals surface area contributed by atoms with E-state index < -0.39 is 29.6 Å². The number of imidazole rings is 1. The maximum atomic E-state index is 15.0. The van der Waals surface area contributed by atoms with Gasteiger partial charge in [0.05, 0.1) is 17.6 Å². The number of amides is 1. The third-order valence-electron chi connectivity index (χ3n) is 6.46. The highest BCUT2D eigenvalue weighted by atomic mass is 19.3. The summed E-state index contributed by atoms with van der Waals surface area (Å²) in [5, 5.41) is 6.74. The molecule has 0 radical (unpaired) electrons. The molecule has 8 nitrogen and oxygen atoms in total. The van der Waals surface area contributed by atoms with Crippen LogP contribution in [-0.4, -0.2) is 43.2 Å². The molecule has 2 aromatic carbocycles. The Bertz CT molecular complexity index is 1500. The van der Waals surface area contributed by atoms with Crippen LogP contribution in [0.25, 0.3) is 22.5 Å². The summed E-state index contributed by atoms with van der Waals surface area (Å²) in [6.45, 7) is 2.31. The zero-order valence-electron chi connectivity index (χ0n) is 19.1. The first-order valence-corrected chi connectivity index (χ1v) is 11.3. The molecule has 5 rings (SSSR count). The number of halogens is 4. The number of aromatic nitrogens is 4. The number of piperidine rings is 1. The molecule has 0 saturated carbocycles. The van der Waals surface area contributed by atoms with Gasteiger partial charge in [0.15, 0.2) is 0 Å². The van der Waals surface area contributed by atoms with Crippen molar-refractivity contribution in [3.8, 4) is 11.5 Å². The number of hydrogen-bond acceptors (Lipinski definition) is 5. The van der Waals surface area contributed by atoms with E-state index in [1.54, 1.807) is 9.47 Å². The van der Waals surface area contributed by atoms with Crippen LogP contribution in [0.1, 0.15) is 43.7 Å². The van der Waals surface area contributed by atoms with Gasteiger partial charge >= 0.3 is 12.1 Å². The van der Waals surface area contributed by atoms with Crippen LogP contribution in [0.4, 0.5) is 17.6 Å². The molecule has 0 N–H and O–H groups in total. The van der Waals surface area contributed by atoms with Crippen LogP contribution >= 0.6 is 0 Å². The normalized spacial score (nSPS) is 14.8. The van der Waals surface area contributed by atoms with Crippen molar-refractivity contribution >= 4 is 16.9 Å². The van der Waals surface area contributed by atoms with E-state index in [-0.39, 0.29) is 35.5 Å². The van der Waals surface area contributed by atoms with Crippen molar-refractivity contribution in [2.45, 2.75) is 38.8 Å². The van der Waals surface area contributed by atoms with Crippen LogP contribution in [0.3, 0.4) is 0 Å². The van der Waals surface area contributed by atoms with E-state index in [1.165, 1.54) is 41.8 Å². The lowest BCUT2D eigenvalue weighted by Gasteiger charge is -2.31. The Hall–Kier alpha value is -3.96. The summed E-state index contributed by atoms with van der Waals surface area (Å²) in [4.78, 5) is 26.9. The van der Waals surface area contributed by atoms with Crippen molar-refractivity contribution in [3.05, 3.63) is 70.0 Å². The minimum Gasteiger partial charge on any atom is -0.415 e. The van der Waals surface area contributed by atoms with Gasteiger partial charge in [0.2, 0.25) is 11.8 Å². The predicted molar refractivity (Wildman–Crippen MR) is 120 cm³/mol. The predicted octanol–water partition coefficient (Wildman–Crippen LogP) is 4.30. The first-order valence-electron chi connectivity index (χ1n) is 11.3. The van der Waals surface area contributed by atoms with Crippen LogP contribution in [0.15, 0.2) is 45.6 Å². The number of nitrogens with zero attached hydrogens (tertiary/aromatic N) is 5. The van der Waals surface area contributed by atoms with Crippen molar-refractivity contribution in [3.63, 3.8) is 0 Å². The van der Waals surface area contributed by atoms with Crippen molar-refractivity contribution < 1.29 is 26.8 Å². The summed E-state index contributed by atoms with van der Waals surface area (Å²) in [6, 6.07) is 7.68. The fraction of sp³-hybridized carbons (Fsp3) is 0.333. The van der Waals surface area contributed by atoms with Crippen LogP contribution in [0.5, 0.6) is 0 Å². The molecule has 36 heavy (non-hydrogen) atoms. The Morgan fingerprint density at radius 2 is 1.83 bits per heavy atom. The number of carbonyl (C=O) groups excluding carboxylic acids is 1. The van der Waals surface area contributed by atoms with Gasteiger partial charge in [0, 0.05) is 37.2 Å². The lowest BCUT2D eigenvalue weighted by molar-refractivity contribution is -0.130. The first kappa shape index (κ1) is 23.8. The Labute approximate surface area is 201 Å². The van der Waals surface area contributed by atoms with E-state index in [0.717, 1.165) is 6.07 Å². The number of likely N-dealkylation sites (tertiary alicyclic amines) is 1. The third-order valence-corrected chi connectivity index (χ3v) is 6.46. The molecule has 3 heterocycles. The van der Waals surface area contributed by atoms with Crippen LogP contribution in [-0.2, 0) is 11.3 Å². The number of rotatable bonds is 5. The van der Waals surface area contributed by atoms with Gasteiger partial charge in [-0.25, -0.2) is 13.6 Å². The van der Waals surface area contributed by atoms with Gasteiger partial charge in [-0.3, -0.25) is 13.9 Å². The lowest BCUT2D eigenvalue weighted by Crippen LogP contribution is -2.40. The van der Waals surface area contributed by atoms with Crippen molar-refractivity contribution in [2.75, 3.05) is 13.1 Å². The highest BCUT2D eigenvalue weighted by Gasteiger charge is 2.27. The largest absolute Gasteiger partial charge is 0.415 e. The Morgan fingerprint density at radius 3 is 2.47 bits per heavy atom. The van der Waals surface area contributed by atoms with E-state index in [0.29, 0.717) is 37.0 Å². The van der Waals surface area contributed by atoms with Gasteiger partial charge < -0.3 is 9.32 Å². The molecular formula is C24H21F4N5O3. The fourth-order valence-electron chi connectivity index (χ4n) is 4.62. The molecule has 0 unspecified atom stereocenters. The summed E-state index contributed by atoms with van der Waals surface area (Å²) >= 11 is 0. The van der Waals surface area contributed by atoms with Gasteiger partial charge in [-0.2, -0.15) is 8.78 Å². The highest BCUT2D eigenvalue weighted by molar-refractivity contribution is 5.77. The van der Waals surface area contributed by atoms with Crippen molar-refractivity contribution in [1.82, 2.24) is 24.2 Å². The van der Waals surface area contributed by atoms with E-state index in [2.05, 4.69) is 10.2 Å². The second kappa shape index (κ2) is 9.25. The van der Waals surface area contributed by atoms with Gasteiger partial charge in [-0.1, -0.05) is 6.07 Å². The minimum absolute atomic E-state index is 0.0322. The highest BCUT2D eigenvalue weighted by Crippen LogP contribution is 2.28. The number of carbonyl (C=O) groups is 1. The zero-order valence-corrected chi connectivity index (χ0v) is 19.1. The molecule has 2 aromatic heterocycles. The molecule has 0 bridgehead atoms. The van der Waals surface area contributed by atoms with Crippen LogP contribution in [0.2, 0.25) is 0 Å². The van der Waals surface area contributed by atoms with Crippen molar-refractivity contribution in [1.29, 1.82) is 0 Å². The Kier molecular flexibility index (Phi) is 6.10. The second-order valence-corrected chi connectivity index (χ2v) is 8.66. The SMILES string of the molecule is CC(=O)N1CCC(n2c(=O)n(Cc3ccc(-c4nnc(C(F)F)o4)cc3F)c3cc(F)ccc32)CC1. The van der Waals surface area contributed by atoms with Gasteiger partial charge in [0.25, 0.3) is 5.89 Å². The molecule has 0 atom stereocenters. The van der Waals surface area contributed by atoms with Gasteiger partial charge in [-0.15, -0.1) is 10.2 Å².